The van der Waals surface area contributed by atoms with E-state index in [2.05, 4.69) is 20.6 Å². The molecule has 5 N–H and O–H groups in total. The maximum atomic E-state index is 13.3. The fourth-order valence-corrected chi connectivity index (χ4v) is 4.69. The third-order valence-electron chi connectivity index (χ3n) is 5.76. The molecule has 1 fully saturated rings. The summed E-state index contributed by atoms with van der Waals surface area (Å²) in [6.07, 6.45) is 0.708. The van der Waals surface area contributed by atoms with E-state index >= 15 is 0 Å². The normalized spacial score (nSPS) is 15.3. The highest BCUT2D eigenvalue weighted by atomic mass is 32.2. The van der Waals surface area contributed by atoms with Crippen LogP contribution in [0.1, 0.15) is 15.9 Å². The van der Waals surface area contributed by atoms with Gasteiger partial charge in [-0.2, -0.15) is 0 Å². The molecule has 0 saturated carbocycles. The van der Waals surface area contributed by atoms with Crippen LogP contribution in [0.2, 0.25) is 0 Å². The number of carbonyl (C=O) groups is 3. The molecule has 14 nitrogen and oxygen atoms in total. The van der Waals surface area contributed by atoms with Crippen LogP contribution in [0.15, 0.2) is 88.8 Å². The van der Waals surface area contributed by atoms with Crippen molar-refractivity contribution in [3.8, 4) is 5.75 Å². The average Bonchev–Trinajstić information content (AvgIpc) is 3.28. The second-order valence-electron chi connectivity index (χ2n) is 8.96. The number of carbonyl (C=O) groups excluding carboxylic acids is 3. The maximum Gasteiger partial charge on any atom is 0.295 e. The lowest BCUT2D eigenvalue weighted by atomic mass is 10.2. The fraction of sp³-hybridized carbons (Fsp3) is 0.143. The lowest BCUT2D eigenvalue weighted by Crippen LogP contribution is -2.43. The number of anilines is 1. The molecule has 0 aromatic heterocycles. The number of amides is 3. The second-order valence-corrected chi connectivity index (χ2v) is 9.97. The van der Waals surface area contributed by atoms with E-state index in [9.17, 15) is 34.7 Å². The number of phenolic OH excluding ortho intramolecular Hbond substituents is 1. The van der Waals surface area contributed by atoms with Crippen LogP contribution < -0.4 is 16.2 Å². The Morgan fingerprint density at radius 2 is 1.74 bits per heavy atom. The van der Waals surface area contributed by atoms with Crippen LogP contribution in [0, 0.1) is 10.1 Å². The first-order valence-corrected chi connectivity index (χ1v) is 13.5. The third kappa shape index (κ3) is 9.04. The van der Waals surface area contributed by atoms with Crippen LogP contribution >= 0.6 is 11.8 Å². The van der Waals surface area contributed by atoms with E-state index in [1.54, 1.807) is 42.5 Å². The van der Waals surface area contributed by atoms with E-state index in [1.165, 1.54) is 40.9 Å². The number of aromatic hydroxyl groups is 1. The number of para-hydroxylation sites is 1. The Balaban J connectivity index is 1.36. The number of aliphatic hydroxyl groups excluding tert-OH is 1. The molecule has 1 unspecified atom stereocenters. The Kier molecular flexibility index (Phi) is 10.3. The first-order valence-electron chi connectivity index (χ1n) is 12.7. The van der Waals surface area contributed by atoms with E-state index in [0.717, 1.165) is 5.56 Å². The number of nitrogens with one attached hydrogen (secondary N) is 3. The molecule has 0 aliphatic carbocycles. The average molecular weight is 607 g/mol. The summed E-state index contributed by atoms with van der Waals surface area (Å²) in [4.78, 5) is 57.4. The van der Waals surface area contributed by atoms with Crippen molar-refractivity contribution in [2.75, 3.05) is 25.0 Å². The minimum absolute atomic E-state index is 0.0439. The van der Waals surface area contributed by atoms with Crippen molar-refractivity contribution in [2.45, 2.75) is 6.10 Å². The van der Waals surface area contributed by atoms with Gasteiger partial charge in [0.25, 0.3) is 22.8 Å². The SMILES string of the molecule is O=C(CO[N+](=O)[O-])NNC(=O)c1ccc(NCC(O)CN2C(=O)/C(=C/c3ccc(O)cc3)SC2=Nc2ccccc2)cc1. The number of β-amino-alcohol motifs (C(OH)–C–C–N with tert-alkyl or cyclic N) is 1. The summed E-state index contributed by atoms with van der Waals surface area (Å²) in [7, 11) is 0. The number of aliphatic imine (C=N–C) groups is 1. The summed E-state index contributed by atoms with van der Waals surface area (Å²) in [5, 5.41) is 32.8. The molecule has 1 saturated heterocycles. The number of hydrogen-bond acceptors (Lipinski definition) is 11. The minimum Gasteiger partial charge on any atom is -0.508 e. The van der Waals surface area contributed by atoms with Crippen LogP contribution in [0.3, 0.4) is 0 Å². The molecule has 43 heavy (non-hydrogen) atoms. The molecule has 222 valence electrons. The maximum absolute atomic E-state index is 13.3. The number of amidine groups is 1. The molecular weight excluding hydrogens is 580 g/mol. The molecular formula is C28H26N6O8S. The molecule has 1 aliphatic heterocycles. The molecule has 3 aromatic carbocycles. The van der Waals surface area contributed by atoms with Crippen LogP contribution in [0.25, 0.3) is 6.08 Å². The van der Waals surface area contributed by atoms with Crippen LogP contribution in [-0.4, -0.2) is 68.9 Å². The molecule has 0 bridgehead atoms. The minimum atomic E-state index is -1.13. The highest BCUT2D eigenvalue weighted by molar-refractivity contribution is 8.18. The Morgan fingerprint density at radius 3 is 2.42 bits per heavy atom. The molecule has 0 spiro atoms. The first kappa shape index (κ1) is 30.5. The zero-order valence-electron chi connectivity index (χ0n) is 22.4. The van der Waals surface area contributed by atoms with Gasteiger partial charge in [-0.25, -0.2) is 4.99 Å². The van der Waals surface area contributed by atoms with Gasteiger partial charge in [0.1, 0.15) is 5.75 Å². The van der Waals surface area contributed by atoms with E-state index < -0.39 is 29.6 Å². The highest BCUT2D eigenvalue weighted by Gasteiger charge is 2.34. The Morgan fingerprint density at radius 1 is 1.05 bits per heavy atom. The van der Waals surface area contributed by atoms with Crippen molar-refractivity contribution in [1.29, 1.82) is 0 Å². The van der Waals surface area contributed by atoms with Gasteiger partial charge in [0.2, 0.25) is 0 Å². The molecule has 0 radical (unpaired) electrons. The number of phenols is 1. The van der Waals surface area contributed by atoms with Crippen molar-refractivity contribution in [2.24, 2.45) is 4.99 Å². The van der Waals surface area contributed by atoms with Crippen molar-refractivity contribution in [3.05, 3.63) is 105 Å². The molecule has 3 aromatic rings. The highest BCUT2D eigenvalue weighted by Crippen LogP contribution is 2.34. The summed E-state index contributed by atoms with van der Waals surface area (Å²) >= 11 is 1.18. The quantitative estimate of drug-likeness (QED) is 0.123. The van der Waals surface area contributed by atoms with E-state index in [-0.39, 0.29) is 30.3 Å². The van der Waals surface area contributed by atoms with E-state index in [0.29, 0.717) is 21.4 Å². The number of thioether (sulfide) groups is 1. The third-order valence-corrected chi connectivity index (χ3v) is 6.77. The van der Waals surface area contributed by atoms with Gasteiger partial charge in [-0.1, -0.05) is 30.3 Å². The van der Waals surface area contributed by atoms with E-state index in [4.69, 9.17) is 0 Å². The topological polar surface area (TPSA) is 196 Å². The number of nitrogens with zero attached hydrogens (tertiary/aromatic N) is 3. The van der Waals surface area contributed by atoms with Gasteiger partial charge in [0.05, 0.1) is 23.2 Å². The van der Waals surface area contributed by atoms with Gasteiger partial charge in [-0.15, -0.1) is 10.1 Å². The lowest BCUT2D eigenvalue weighted by molar-refractivity contribution is -0.754. The van der Waals surface area contributed by atoms with Gasteiger partial charge < -0.3 is 20.4 Å². The fourth-order valence-electron chi connectivity index (χ4n) is 3.68. The predicted molar refractivity (Wildman–Crippen MR) is 158 cm³/mol. The largest absolute Gasteiger partial charge is 0.508 e. The van der Waals surface area contributed by atoms with Crippen LogP contribution in [-0.2, 0) is 14.4 Å². The van der Waals surface area contributed by atoms with Gasteiger partial charge in [0, 0.05) is 17.8 Å². The smallest absolute Gasteiger partial charge is 0.295 e. The summed E-state index contributed by atoms with van der Waals surface area (Å²) in [6.45, 7) is -0.838. The Labute approximate surface area is 249 Å². The Hall–Kier alpha value is -5.41. The molecule has 1 heterocycles. The molecule has 4 rings (SSSR count). The predicted octanol–water partition coefficient (Wildman–Crippen LogP) is 2.44. The van der Waals surface area contributed by atoms with Gasteiger partial charge in [-0.05, 0) is 71.9 Å². The zero-order valence-corrected chi connectivity index (χ0v) is 23.2. The molecule has 15 heteroatoms. The van der Waals surface area contributed by atoms with Crippen molar-refractivity contribution >= 4 is 52.1 Å². The van der Waals surface area contributed by atoms with E-state index in [1.807, 2.05) is 23.6 Å². The zero-order chi connectivity index (χ0) is 30.8. The Bertz CT molecular complexity index is 1530. The number of aliphatic hydroxyl groups is 1. The summed E-state index contributed by atoms with van der Waals surface area (Å²) in [5.74, 6) is -1.78. The molecule has 1 aliphatic rings. The van der Waals surface area contributed by atoms with Crippen LogP contribution in [0.5, 0.6) is 5.75 Å². The van der Waals surface area contributed by atoms with Crippen molar-refractivity contribution in [1.82, 2.24) is 15.8 Å². The number of rotatable bonds is 11. The molecule has 3 amide bonds. The monoisotopic (exact) mass is 606 g/mol. The molecule has 1 atom stereocenters. The van der Waals surface area contributed by atoms with Gasteiger partial charge in [-0.3, -0.25) is 30.1 Å². The van der Waals surface area contributed by atoms with Gasteiger partial charge in [0.15, 0.2) is 11.8 Å². The number of benzene rings is 3. The lowest BCUT2D eigenvalue weighted by Gasteiger charge is -2.20. The van der Waals surface area contributed by atoms with Crippen molar-refractivity contribution < 1.29 is 34.5 Å². The first-order chi connectivity index (χ1) is 20.7. The summed E-state index contributed by atoms with van der Waals surface area (Å²) < 4.78 is 0. The van der Waals surface area contributed by atoms with Crippen LogP contribution in [0.4, 0.5) is 11.4 Å². The summed E-state index contributed by atoms with van der Waals surface area (Å²) in [6, 6.07) is 21.6. The van der Waals surface area contributed by atoms with Gasteiger partial charge >= 0.3 is 0 Å². The standard InChI is InChI=1S/C28H26N6O8S/c35-22-12-6-18(7-13-22)14-24-27(39)33(28(43-24)30-21-4-2-1-3-5-21)16-23(36)15-29-20-10-8-19(9-11-20)26(38)32-31-25(37)17-42-34(40)41/h1-14,23,29,35-36H,15-17H2,(H,31,37)(H,32,38)/b24-14-,30-28?. The second kappa shape index (κ2) is 14.5. The number of hydrazine groups is 1. The van der Waals surface area contributed by atoms with Crippen molar-refractivity contribution in [3.63, 3.8) is 0 Å². The number of hydrogen-bond donors (Lipinski definition) is 5. The summed E-state index contributed by atoms with van der Waals surface area (Å²) in [5.41, 5.74) is 6.24.